The monoisotopic (exact) mass is 502 g/mol. The molecule has 2 N–H and O–H groups in total. The normalized spacial score (nSPS) is 19.3. The average molecular weight is 503 g/mol. The Morgan fingerprint density at radius 3 is 2.53 bits per heavy atom. The molecule has 4 aromatic rings. The first kappa shape index (κ1) is 23.2. The Balaban J connectivity index is 1.14. The topological polar surface area (TPSA) is 76.2 Å². The van der Waals surface area contributed by atoms with Gasteiger partial charge in [-0.2, -0.15) is 0 Å². The van der Waals surface area contributed by atoms with Crippen molar-refractivity contribution in [3.63, 3.8) is 0 Å². The van der Waals surface area contributed by atoms with Gasteiger partial charge in [-0.1, -0.05) is 11.6 Å². The summed E-state index contributed by atoms with van der Waals surface area (Å²) in [4.78, 5) is 24.2. The number of nitrogens with zero attached hydrogens (tertiary/aromatic N) is 6. The number of nitrogens with one attached hydrogen (secondary N) is 2. The van der Waals surface area contributed by atoms with Crippen molar-refractivity contribution in [2.75, 3.05) is 56.5 Å². The molecule has 2 aliphatic rings. The second-order valence-corrected chi connectivity index (χ2v) is 10.2. The van der Waals surface area contributed by atoms with Crippen LogP contribution in [0.1, 0.15) is 12.0 Å². The summed E-state index contributed by atoms with van der Waals surface area (Å²) in [6.45, 7) is 7.19. The first-order valence-corrected chi connectivity index (χ1v) is 13.0. The van der Waals surface area contributed by atoms with Gasteiger partial charge in [-0.3, -0.25) is 9.88 Å². The molecule has 2 fully saturated rings. The quantitative estimate of drug-likeness (QED) is 0.411. The third-order valence-corrected chi connectivity index (χ3v) is 7.53. The van der Waals surface area contributed by atoms with Crippen LogP contribution in [0.4, 0.5) is 11.4 Å². The summed E-state index contributed by atoms with van der Waals surface area (Å²) in [5, 5.41) is 4.21. The maximum absolute atomic E-state index is 6.53. The van der Waals surface area contributed by atoms with Crippen LogP contribution in [0.2, 0.25) is 5.02 Å². The zero-order valence-electron chi connectivity index (χ0n) is 20.5. The van der Waals surface area contributed by atoms with Gasteiger partial charge >= 0.3 is 0 Å². The largest absolute Gasteiger partial charge is 0.378 e. The van der Waals surface area contributed by atoms with E-state index in [1.807, 2.05) is 12.4 Å². The van der Waals surface area contributed by atoms with Crippen LogP contribution in [0.15, 0.2) is 55.0 Å². The molecule has 2 saturated heterocycles. The lowest BCUT2D eigenvalue weighted by atomic mass is 10.1. The first-order valence-electron chi connectivity index (χ1n) is 12.6. The van der Waals surface area contributed by atoms with Crippen LogP contribution >= 0.6 is 11.6 Å². The zero-order valence-corrected chi connectivity index (χ0v) is 21.2. The predicted octanol–water partition coefficient (Wildman–Crippen LogP) is 4.11. The molecule has 186 valence electrons. The summed E-state index contributed by atoms with van der Waals surface area (Å²) in [6, 6.07) is 13.2. The number of H-pyrrole nitrogens is 1. The molecule has 0 aliphatic carbocycles. The van der Waals surface area contributed by atoms with Crippen LogP contribution in [0.3, 0.4) is 0 Å². The Labute approximate surface area is 216 Å². The molecule has 0 spiro atoms. The van der Waals surface area contributed by atoms with Crippen molar-refractivity contribution in [3.8, 4) is 11.4 Å². The molecule has 8 nitrogen and oxygen atoms in total. The van der Waals surface area contributed by atoms with Crippen LogP contribution < -0.4 is 10.2 Å². The standard InChI is InChI=1S/C27H31ClN8/c1-34-11-8-21(18-34)31-24-23(28)16-30-27-25(24)32-26(33-27)20-2-4-22(5-3-20)36-14-12-35(13-15-36)17-19-6-9-29-10-7-19/h2-7,9-10,16,21H,8,11-15,17-18H2,1H3,(H2,30,31,32,33). The number of pyridine rings is 2. The molecule has 6 rings (SSSR count). The summed E-state index contributed by atoms with van der Waals surface area (Å²) in [5.74, 6) is 0.806. The van der Waals surface area contributed by atoms with Gasteiger partial charge in [0.25, 0.3) is 0 Å². The number of imidazole rings is 1. The van der Waals surface area contributed by atoms with Gasteiger partial charge < -0.3 is 20.1 Å². The molecule has 0 amide bonds. The highest BCUT2D eigenvalue weighted by Crippen LogP contribution is 2.32. The Bertz CT molecular complexity index is 1320. The summed E-state index contributed by atoms with van der Waals surface area (Å²) in [7, 11) is 2.14. The number of piperazine rings is 1. The molecule has 5 heterocycles. The number of likely N-dealkylation sites (tertiary alicyclic amines) is 1. The van der Waals surface area contributed by atoms with E-state index in [4.69, 9.17) is 16.6 Å². The summed E-state index contributed by atoms with van der Waals surface area (Å²) < 4.78 is 0. The molecule has 3 aromatic heterocycles. The molecule has 2 aliphatic heterocycles. The molecular weight excluding hydrogens is 472 g/mol. The molecule has 9 heteroatoms. The van der Waals surface area contributed by atoms with E-state index < -0.39 is 0 Å². The van der Waals surface area contributed by atoms with E-state index >= 15 is 0 Å². The van der Waals surface area contributed by atoms with Gasteiger partial charge in [0.05, 0.1) is 16.9 Å². The van der Waals surface area contributed by atoms with Crippen molar-refractivity contribution in [1.29, 1.82) is 0 Å². The maximum atomic E-state index is 6.53. The molecule has 1 aromatic carbocycles. The van der Waals surface area contributed by atoms with E-state index in [-0.39, 0.29) is 0 Å². The van der Waals surface area contributed by atoms with Crippen molar-refractivity contribution in [1.82, 2.24) is 29.7 Å². The lowest BCUT2D eigenvalue weighted by Gasteiger charge is -2.36. The van der Waals surface area contributed by atoms with Crippen LogP contribution in [0, 0.1) is 0 Å². The van der Waals surface area contributed by atoms with Crippen molar-refractivity contribution >= 4 is 34.1 Å². The molecular formula is C27H31ClN8. The van der Waals surface area contributed by atoms with Gasteiger partial charge in [0.1, 0.15) is 11.3 Å². The fourth-order valence-corrected chi connectivity index (χ4v) is 5.40. The van der Waals surface area contributed by atoms with Crippen molar-refractivity contribution < 1.29 is 0 Å². The van der Waals surface area contributed by atoms with Gasteiger partial charge in [0.15, 0.2) is 5.65 Å². The Hall–Kier alpha value is -3.20. The van der Waals surface area contributed by atoms with Crippen LogP contribution in [0.5, 0.6) is 0 Å². The number of halogens is 1. The Kier molecular flexibility index (Phi) is 6.48. The number of likely N-dealkylation sites (N-methyl/N-ethyl adjacent to an activating group) is 1. The third kappa shape index (κ3) is 4.89. The first-order chi connectivity index (χ1) is 17.6. The van der Waals surface area contributed by atoms with Crippen LogP contribution in [-0.2, 0) is 6.54 Å². The molecule has 1 unspecified atom stereocenters. The second kappa shape index (κ2) is 10.0. The highest BCUT2D eigenvalue weighted by molar-refractivity contribution is 6.34. The smallest absolute Gasteiger partial charge is 0.159 e. The van der Waals surface area contributed by atoms with Crippen molar-refractivity contribution in [2.24, 2.45) is 0 Å². The van der Waals surface area contributed by atoms with Gasteiger partial charge in [-0.25, -0.2) is 9.97 Å². The lowest BCUT2D eigenvalue weighted by molar-refractivity contribution is 0.250. The van der Waals surface area contributed by atoms with Gasteiger partial charge in [0.2, 0.25) is 0 Å². The molecule has 0 radical (unpaired) electrons. The maximum Gasteiger partial charge on any atom is 0.159 e. The van der Waals surface area contributed by atoms with E-state index in [1.165, 1.54) is 11.3 Å². The Morgan fingerprint density at radius 1 is 1.03 bits per heavy atom. The van der Waals surface area contributed by atoms with Gasteiger partial charge in [-0.05, 0) is 62.0 Å². The molecule has 36 heavy (non-hydrogen) atoms. The minimum Gasteiger partial charge on any atom is -0.378 e. The van der Waals surface area contributed by atoms with E-state index in [2.05, 4.69) is 78.4 Å². The number of hydrogen-bond acceptors (Lipinski definition) is 7. The fourth-order valence-electron chi connectivity index (χ4n) is 5.20. The highest BCUT2D eigenvalue weighted by Gasteiger charge is 2.23. The number of aromatic amines is 1. The number of aromatic nitrogens is 4. The fraction of sp³-hybridized carbons (Fsp3) is 0.370. The molecule has 0 saturated carbocycles. The SMILES string of the molecule is CN1CCC(Nc2c(Cl)cnc3[nH]c(-c4ccc(N5CCN(Cc6ccncc6)CC5)cc4)nc23)C1. The van der Waals surface area contributed by atoms with Crippen molar-refractivity contribution in [3.05, 3.63) is 65.6 Å². The van der Waals surface area contributed by atoms with Crippen LogP contribution in [0.25, 0.3) is 22.6 Å². The van der Waals surface area contributed by atoms with Crippen LogP contribution in [-0.4, -0.2) is 82.1 Å². The summed E-state index contributed by atoms with van der Waals surface area (Å²) >= 11 is 6.53. The molecule has 1 atom stereocenters. The van der Waals surface area contributed by atoms with Gasteiger partial charge in [0, 0.05) is 69.0 Å². The zero-order chi connectivity index (χ0) is 24.5. The van der Waals surface area contributed by atoms with Crippen molar-refractivity contribution in [2.45, 2.75) is 19.0 Å². The Morgan fingerprint density at radius 2 is 1.81 bits per heavy atom. The van der Waals surface area contributed by atoms with E-state index in [1.54, 1.807) is 6.20 Å². The summed E-state index contributed by atoms with van der Waals surface area (Å²) in [6.07, 6.45) is 6.52. The number of fused-ring (bicyclic) bond motifs is 1. The van der Waals surface area contributed by atoms with E-state index in [9.17, 15) is 0 Å². The predicted molar refractivity (Wildman–Crippen MR) is 146 cm³/mol. The van der Waals surface area contributed by atoms with E-state index in [0.29, 0.717) is 11.1 Å². The van der Waals surface area contributed by atoms with E-state index in [0.717, 1.165) is 80.5 Å². The molecule has 0 bridgehead atoms. The average Bonchev–Trinajstić information content (AvgIpc) is 3.53. The highest BCUT2D eigenvalue weighted by atomic mass is 35.5. The number of rotatable bonds is 6. The second-order valence-electron chi connectivity index (χ2n) is 9.82. The minimum absolute atomic E-state index is 0.364. The van der Waals surface area contributed by atoms with Gasteiger partial charge in [-0.15, -0.1) is 0 Å². The summed E-state index contributed by atoms with van der Waals surface area (Å²) in [5.41, 5.74) is 6.01. The number of hydrogen-bond donors (Lipinski definition) is 2. The lowest BCUT2D eigenvalue weighted by Crippen LogP contribution is -2.45. The number of anilines is 2. The minimum atomic E-state index is 0.364. The number of benzene rings is 1. The third-order valence-electron chi connectivity index (χ3n) is 7.24.